The minimum absolute atomic E-state index is 0.0739. The highest BCUT2D eigenvalue weighted by Gasteiger charge is 2.32. The fraction of sp³-hybridized carbons (Fsp3) is 0.227. The maximum atomic E-state index is 13.1. The van der Waals surface area contributed by atoms with Gasteiger partial charge in [-0.15, -0.1) is 11.3 Å². The van der Waals surface area contributed by atoms with Crippen molar-refractivity contribution in [3.8, 4) is 0 Å². The van der Waals surface area contributed by atoms with Crippen molar-refractivity contribution in [3.63, 3.8) is 0 Å². The van der Waals surface area contributed by atoms with Crippen LogP contribution in [0.4, 0.5) is 18.9 Å². The van der Waals surface area contributed by atoms with E-state index in [0.717, 1.165) is 17.4 Å². The van der Waals surface area contributed by atoms with Crippen molar-refractivity contribution in [2.24, 2.45) is 0 Å². The molecule has 0 spiro atoms. The van der Waals surface area contributed by atoms with Crippen molar-refractivity contribution in [3.05, 3.63) is 81.0 Å². The van der Waals surface area contributed by atoms with E-state index in [4.69, 9.17) is 23.2 Å². The summed E-state index contributed by atoms with van der Waals surface area (Å²) in [6.45, 7) is 4.09. The quantitative estimate of drug-likeness (QED) is 0.328. The van der Waals surface area contributed by atoms with Crippen LogP contribution in [-0.2, 0) is 16.2 Å². The van der Waals surface area contributed by atoms with E-state index in [2.05, 4.69) is 10.3 Å². The molecule has 34 heavy (non-hydrogen) atoms. The van der Waals surface area contributed by atoms with Gasteiger partial charge in [-0.25, -0.2) is 8.42 Å². The molecule has 0 radical (unpaired) electrons. The van der Waals surface area contributed by atoms with Crippen LogP contribution in [0.1, 0.15) is 30.0 Å². The molecule has 0 atom stereocenters. The molecule has 12 heteroatoms. The summed E-state index contributed by atoms with van der Waals surface area (Å²) in [5, 5.41) is 3.35. The summed E-state index contributed by atoms with van der Waals surface area (Å²) in [6.07, 6.45) is -2.39. The number of hydrogen-bond donors (Lipinski definition) is 1. The van der Waals surface area contributed by atoms with E-state index in [1.54, 1.807) is 44.2 Å². The third-order valence-corrected chi connectivity index (χ3v) is 8.97. The molecule has 0 saturated carbocycles. The van der Waals surface area contributed by atoms with Crippen LogP contribution >= 0.6 is 34.5 Å². The predicted octanol–water partition coefficient (Wildman–Crippen LogP) is 7.00. The predicted molar refractivity (Wildman–Crippen MR) is 131 cm³/mol. The SMILES string of the molecule is CCN(CC)S(=O)(=O)c1ccc(/C(=C/Nc2ccc(Cl)cc2)c2ncc(C(F)(F)F)cc2Cl)s1. The van der Waals surface area contributed by atoms with Gasteiger partial charge in [0.05, 0.1) is 16.3 Å². The van der Waals surface area contributed by atoms with Crippen molar-refractivity contribution in [1.29, 1.82) is 0 Å². The van der Waals surface area contributed by atoms with Crippen molar-refractivity contribution in [1.82, 2.24) is 9.29 Å². The van der Waals surface area contributed by atoms with Crippen LogP contribution in [-0.4, -0.2) is 30.8 Å². The maximum absolute atomic E-state index is 13.1. The van der Waals surface area contributed by atoms with E-state index in [1.807, 2.05) is 0 Å². The summed E-state index contributed by atoms with van der Waals surface area (Å²) in [5.41, 5.74) is 0.0733. The number of nitrogens with one attached hydrogen (secondary N) is 1. The molecule has 5 nitrogen and oxygen atoms in total. The van der Waals surface area contributed by atoms with Gasteiger partial charge in [0.25, 0.3) is 10.0 Å². The van der Waals surface area contributed by atoms with Crippen molar-refractivity contribution >= 4 is 55.8 Å². The number of benzene rings is 1. The lowest BCUT2D eigenvalue weighted by Crippen LogP contribution is -2.29. The van der Waals surface area contributed by atoms with Crippen molar-refractivity contribution < 1.29 is 21.6 Å². The van der Waals surface area contributed by atoms with Gasteiger partial charge in [-0.1, -0.05) is 37.0 Å². The van der Waals surface area contributed by atoms with Crippen LogP contribution < -0.4 is 5.32 Å². The minimum Gasteiger partial charge on any atom is -0.361 e. The van der Waals surface area contributed by atoms with E-state index in [-0.39, 0.29) is 14.9 Å². The lowest BCUT2D eigenvalue weighted by atomic mass is 10.1. The number of sulfonamides is 1. The molecule has 1 aromatic carbocycles. The second-order valence-corrected chi connectivity index (χ2v) is 11.1. The normalized spacial score (nSPS) is 12.9. The highest BCUT2D eigenvalue weighted by atomic mass is 35.5. The van der Waals surface area contributed by atoms with Crippen LogP contribution in [0.15, 0.2) is 59.1 Å². The van der Waals surface area contributed by atoms with Crippen molar-refractivity contribution in [2.75, 3.05) is 18.4 Å². The monoisotopic (exact) mass is 549 g/mol. The highest BCUT2D eigenvalue weighted by molar-refractivity contribution is 7.91. The molecule has 0 fully saturated rings. The molecule has 2 heterocycles. The van der Waals surface area contributed by atoms with Gasteiger partial charge in [-0.05, 0) is 42.5 Å². The molecule has 0 amide bonds. The molecule has 0 aliphatic rings. The Kier molecular flexibility index (Phi) is 8.30. The zero-order chi connectivity index (χ0) is 25.1. The van der Waals surface area contributed by atoms with Gasteiger partial charge in [-0.2, -0.15) is 17.5 Å². The molecule has 2 aromatic heterocycles. The largest absolute Gasteiger partial charge is 0.417 e. The molecule has 182 valence electrons. The topological polar surface area (TPSA) is 62.3 Å². The summed E-state index contributed by atoms with van der Waals surface area (Å²) >= 11 is 13.1. The van der Waals surface area contributed by atoms with Gasteiger partial charge in [0.15, 0.2) is 0 Å². The van der Waals surface area contributed by atoms with Crippen LogP contribution in [0.25, 0.3) is 5.57 Å². The number of anilines is 1. The van der Waals surface area contributed by atoms with E-state index in [1.165, 1.54) is 16.6 Å². The molecule has 3 rings (SSSR count). The van der Waals surface area contributed by atoms with Gasteiger partial charge in [0, 0.05) is 46.6 Å². The molecule has 1 N–H and O–H groups in total. The lowest BCUT2D eigenvalue weighted by Gasteiger charge is -2.16. The number of alkyl halides is 3. The number of thiophene rings is 1. The molecular formula is C22H20Cl2F3N3O2S2. The number of halogens is 5. The Morgan fingerprint density at radius 2 is 1.76 bits per heavy atom. The Balaban J connectivity index is 2.09. The summed E-state index contributed by atoms with van der Waals surface area (Å²) < 4.78 is 66.6. The second-order valence-electron chi connectivity index (χ2n) is 6.97. The molecular weight excluding hydrogens is 530 g/mol. The van der Waals surface area contributed by atoms with Gasteiger partial charge < -0.3 is 5.32 Å². The van der Waals surface area contributed by atoms with Gasteiger partial charge in [0.1, 0.15) is 4.21 Å². The molecule has 3 aromatic rings. The summed E-state index contributed by atoms with van der Waals surface area (Å²) in [5.74, 6) is 0. The van der Waals surface area contributed by atoms with E-state index < -0.39 is 21.8 Å². The van der Waals surface area contributed by atoms with Gasteiger partial charge >= 0.3 is 6.18 Å². The molecule has 0 aliphatic carbocycles. The first kappa shape index (κ1) is 26.5. The Labute approximate surface area is 209 Å². The summed E-state index contributed by atoms with van der Waals surface area (Å²) in [7, 11) is -3.72. The van der Waals surface area contributed by atoms with Crippen LogP contribution in [0.2, 0.25) is 10.0 Å². The number of pyridine rings is 1. The minimum atomic E-state index is -4.60. The van der Waals surface area contributed by atoms with Gasteiger partial charge in [-0.3, -0.25) is 4.98 Å². The number of hydrogen-bond acceptors (Lipinski definition) is 5. The molecule has 0 bridgehead atoms. The smallest absolute Gasteiger partial charge is 0.361 e. The van der Waals surface area contributed by atoms with Crippen LogP contribution in [0.3, 0.4) is 0 Å². The summed E-state index contributed by atoms with van der Waals surface area (Å²) in [4.78, 5) is 4.41. The van der Waals surface area contributed by atoms with Crippen molar-refractivity contribution in [2.45, 2.75) is 24.2 Å². The number of aromatic nitrogens is 1. The van der Waals surface area contributed by atoms with Gasteiger partial charge in [0.2, 0.25) is 0 Å². The fourth-order valence-electron chi connectivity index (χ4n) is 3.04. The Morgan fingerprint density at radius 1 is 1.12 bits per heavy atom. The van der Waals surface area contributed by atoms with Crippen LogP contribution in [0.5, 0.6) is 0 Å². The number of rotatable bonds is 8. The number of nitrogens with zero attached hydrogens (tertiary/aromatic N) is 2. The molecule has 0 aliphatic heterocycles. The first-order valence-corrected chi connectivity index (χ1v) is 13.0. The fourth-order valence-corrected chi connectivity index (χ4v) is 6.37. The summed E-state index contributed by atoms with van der Waals surface area (Å²) in [6, 6.07) is 10.6. The van der Waals surface area contributed by atoms with Crippen LogP contribution in [0, 0.1) is 0 Å². The van der Waals surface area contributed by atoms with E-state index >= 15 is 0 Å². The van der Waals surface area contributed by atoms with E-state index in [0.29, 0.717) is 40.4 Å². The lowest BCUT2D eigenvalue weighted by molar-refractivity contribution is -0.137. The molecule has 0 unspecified atom stereocenters. The Morgan fingerprint density at radius 3 is 2.32 bits per heavy atom. The second kappa shape index (κ2) is 10.7. The highest BCUT2D eigenvalue weighted by Crippen LogP contribution is 2.37. The average molecular weight is 550 g/mol. The third-order valence-electron chi connectivity index (χ3n) is 4.80. The molecule has 0 saturated heterocycles. The standard InChI is InChI=1S/C22H20Cl2F3N3O2S2/c1-3-30(4-2)34(31,32)20-10-9-19(33-20)17(13-28-16-7-5-15(23)6-8-16)21-18(24)11-14(12-29-21)22(25,26)27/h5-13,28H,3-4H2,1-2H3/b17-13-. The zero-order valence-electron chi connectivity index (χ0n) is 18.0. The average Bonchev–Trinajstić information content (AvgIpc) is 3.27. The van der Waals surface area contributed by atoms with E-state index in [9.17, 15) is 21.6 Å². The first-order chi connectivity index (χ1) is 16.0. The Hall–Kier alpha value is -2.11. The maximum Gasteiger partial charge on any atom is 0.417 e. The third kappa shape index (κ3) is 5.92. The Bertz CT molecular complexity index is 1290. The zero-order valence-corrected chi connectivity index (χ0v) is 21.2. The first-order valence-electron chi connectivity index (χ1n) is 10.0.